The van der Waals surface area contributed by atoms with Crippen LogP contribution in [-0.4, -0.2) is 26.0 Å². The Morgan fingerprint density at radius 3 is 2.82 bits per heavy atom. The van der Waals surface area contributed by atoms with Crippen molar-refractivity contribution < 1.29 is 8.42 Å². The standard InChI is InChI=1S/C13H19NO2S/c1-10-3-2-4-11(7-10)8-13(14)12-5-6-17(15,16)9-12/h2-4,7,12-13H,5-6,8-9,14H2,1H3. The van der Waals surface area contributed by atoms with Gasteiger partial charge in [-0.05, 0) is 31.2 Å². The van der Waals surface area contributed by atoms with Crippen molar-refractivity contribution in [1.29, 1.82) is 0 Å². The van der Waals surface area contributed by atoms with E-state index in [-0.39, 0.29) is 17.7 Å². The third-order valence-corrected chi connectivity index (χ3v) is 5.22. The monoisotopic (exact) mass is 253 g/mol. The van der Waals surface area contributed by atoms with Gasteiger partial charge in [0.2, 0.25) is 0 Å². The van der Waals surface area contributed by atoms with Gasteiger partial charge in [0, 0.05) is 6.04 Å². The van der Waals surface area contributed by atoms with Crippen molar-refractivity contribution in [3.63, 3.8) is 0 Å². The second-order valence-electron chi connectivity index (χ2n) is 5.02. The zero-order valence-corrected chi connectivity index (χ0v) is 10.9. The number of benzene rings is 1. The van der Waals surface area contributed by atoms with Gasteiger partial charge >= 0.3 is 0 Å². The average Bonchev–Trinajstić information content (AvgIpc) is 2.59. The van der Waals surface area contributed by atoms with E-state index in [1.165, 1.54) is 11.1 Å². The van der Waals surface area contributed by atoms with Crippen molar-refractivity contribution in [3.8, 4) is 0 Å². The second kappa shape index (κ2) is 4.78. The molecule has 0 aromatic heterocycles. The Kier molecular flexibility index (Phi) is 3.54. The fourth-order valence-electron chi connectivity index (χ4n) is 2.44. The molecule has 1 aliphatic heterocycles. The molecule has 1 heterocycles. The van der Waals surface area contributed by atoms with Gasteiger partial charge in [0.15, 0.2) is 9.84 Å². The van der Waals surface area contributed by atoms with Crippen LogP contribution in [-0.2, 0) is 16.3 Å². The second-order valence-corrected chi connectivity index (χ2v) is 7.25. The van der Waals surface area contributed by atoms with E-state index in [4.69, 9.17) is 5.73 Å². The Morgan fingerprint density at radius 1 is 1.47 bits per heavy atom. The molecular formula is C13H19NO2S. The first kappa shape index (κ1) is 12.6. The molecule has 0 saturated carbocycles. The molecule has 1 aromatic carbocycles. The zero-order valence-electron chi connectivity index (χ0n) is 10.1. The van der Waals surface area contributed by atoms with E-state index in [9.17, 15) is 8.42 Å². The van der Waals surface area contributed by atoms with E-state index >= 15 is 0 Å². The third-order valence-electron chi connectivity index (χ3n) is 3.43. The van der Waals surface area contributed by atoms with Gasteiger partial charge < -0.3 is 5.73 Å². The number of aryl methyl sites for hydroxylation is 1. The summed E-state index contributed by atoms with van der Waals surface area (Å²) in [6, 6.07) is 8.19. The van der Waals surface area contributed by atoms with Crippen LogP contribution in [0, 0.1) is 12.8 Å². The van der Waals surface area contributed by atoms with Crippen LogP contribution in [0.3, 0.4) is 0 Å². The van der Waals surface area contributed by atoms with Gasteiger partial charge in [-0.1, -0.05) is 29.8 Å². The molecule has 1 aliphatic rings. The van der Waals surface area contributed by atoms with E-state index in [1.54, 1.807) is 0 Å². The van der Waals surface area contributed by atoms with Gasteiger partial charge in [0.1, 0.15) is 0 Å². The molecule has 3 nitrogen and oxygen atoms in total. The summed E-state index contributed by atoms with van der Waals surface area (Å²) in [5, 5.41) is 0. The van der Waals surface area contributed by atoms with Crippen LogP contribution in [0.5, 0.6) is 0 Å². The minimum atomic E-state index is -2.82. The molecule has 17 heavy (non-hydrogen) atoms. The molecule has 0 spiro atoms. The third kappa shape index (κ3) is 3.30. The molecule has 0 aliphatic carbocycles. The quantitative estimate of drug-likeness (QED) is 0.883. The molecule has 4 heteroatoms. The molecule has 0 amide bonds. The summed E-state index contributed by atoms with van der Waals surface area (Å²) in [5.41, 5.74) is 8.53. The fraction of sp³-hybridized carbons (Fsp3) is 0.538. The predicted octanol–water partition coefficient (Wildman–Crippen LogP) is 1.30. The minimum Gasteiger partial charge on any atom is -0.327 e. The van der Waals surface area contributed by atoms with Crippen LogP contribution in [0.25, 0.3) is 0 Å². The van der Waals surface area contributed by atoms with Gasteiger partial charge in [-0.3, -0.25) is 0 Å². The molecule has 0 radical (unpaired) electrons. The summed E-state index contributed by atoms with van der Waals surface area (Å²) in [7, 11) is -2.82. The molecule has 1 aromatic rings. The molecule has 1 fully saturated rings. The molecule has 2 unspecified atom stereocenters. The van der Waals surface area contributed by atoms with Crippen LogP contribution in [0.4, 0.5) is 0 Å². The Balaban J connectivity index is 2.00. The van der Waals surface area contributed by atoms with Crippen molar-refractivity contribution in [2.45, 2.75) is 25.8 Å². The SMILES string of the molecule is Cc1cccc(CC(N)C2CCS(=O)(=O)C2)c1. The highest BCUT2D eigenvalue weighted by Crippen LogP contribution is 2.22. The van der Waals surface area contributed by atoms with E-state index in [0.717, 1.165) is 12.8 Å². The fourth-order valence-corrected chi connectivity index (χ4v) is 4.33. The number of hydrogen-bond donors (Lipinski definition) is 1. The summed E-state index contributed by atoms with van der Waals surface area (Å²) in [4.78, 5) is 0. The van der Waals surface area contributed by atoms with Crippen molar-refractivity contribution in [2.24, 2.45) is 11.7 Å². The molecule has 94 valence electrons. The van der Waals surface area contributed by atoms with Gasteiger partial charge in [0.25, 0.3) is 0 Å². The molecular weight excluding hydrogens is 234 g/mol. The molecule has 2 N–H and O–H groups in total. The maximum atomic E-state index is 11.4. The highest BCUT2D eigenvalue weighted by Gasteiger charge is 2.31. The maximum absolute atomic E-state index is 11.4. The molecule has 1 saturated heterocycles. The highest BCUT2D eigenvalue weighted by atomic mass is 32.2. The first-order valence-corrected chi connectivity index (χ1v) is 7.80. The van der Waals surface area contributed by atoms with Crippen molar-refractivity contribution in [3.05, 3.63) is 35.4 Å². The lowest BCUT2D eigenvalue weighted by atomic mass is 9.93. The van der Waals surface area contributed by atoms with E-state index in [0.29, 0.717) is 5.75 Å². The zero-order chi connectivity index (χ0) is 12.5. The van der Waals surface area contributed by atoms with Crippen LogP contribution in [0.1, 0.15) is 17.5 Å². The Bertz CT molecular complexity index is 496. The largest absolute Gasteiger partial charge is 0.327 e. The lowest BCUT2D eigenvalue weighted by Crippen LogP contribution is -2.33. The van der Waals surface area contributed by atoms with Gasteiger partial charge in [-0.2, -0.15) is 0 Å². The van der Waals surface area contributed by atoms with Gasteiger partial charge in [0.05, 0.1) is 11.5 Å². The predicted molar refractivity (Wildman–Crippen MR) is 69.6 cm³/mol. The van der Waals surface area contributed by atoms with Crippen molar-refractivity contribution >= 4 is 9.84 Å². The first-order chi connectivity index (χ1) is 7.96. The number of rotatable bonds is 3. The number of nitrogens with two attached hydrogens (primary N) is 1. The Morgan fingerprint density at radius 2 is 2.24 bits per heavy atom. The first-order valence-electron chi connectivity index (χ1n) is 5.98. The van der Waals surface area contributed by atoms with E-state index < -0.39 is 9.84 Å². The van der Waals surface area contributed by atoms with Crippen molar-refractivity contribution in [1.82, 2.24) is 0 Å². The average molecular weight is 253 g/mol. The van der Waals surface area contributed by atoms with Gasteiger partial charge in [-0.15, -0.1) is 0 Å². The summed E-state index contributed by atoms with van der Waals surface area (Å²) in [5.74, 6) is 0.694. The lowest BCUT2D eigenvalue weighted by molar-refractivity contribution is 0.461. The maximum Gasteiger partial charge on any atom is 0.150 e. The normalized spacial score (nSPS) is 24.7. The van der Waals surface area contributed by atoms with Crippen molar-refractivity contribution in [2.75, 3.05) is 11.5 Å². The molecule has 2 atom stereocenters. The topological polar surface area (TPSA) is 60.2 Å². The molecule has 0 bridgehead atoms. The van der Waals surface area contributed by atoms with Crippen LogP contribution < -0.4 is 5.73 Å². The van der Waals surface area contributed by atoms with Gasteiger partial charge in [-0.25, -0.2) is 8.42 Å². The summed E-state index contributed by atoms with van der Waals surface area (Å²) >= 11 is 0. The summed E-state index contributed by atoms with van der Waals surface area (Å²) in [6.07, 6.45) is 1.48. The van der Waals surface area contributed by atoms with Crippen LogP contribution in [0.2, 0.25) is 0 Å². The molecule has 2 rings (SSSR count). The Labute approximate surface area is 103 Å². The lowest BCUT2D eigenvalue weighted by Gasteiger charge is -2.17. The number of sulfone groups is 1. The van der Waals surface area contributed by atoms with Crippen LogP contribution in [0.15, 0.2) is 24.3 Å². The van der Waals surface area contributed by atoms with E-state index in [1.807, 2.05) is 6.07 Å². The summed E-state index contributed by atoms with van der Waals surface area (Å²) in [6.45, 7) is 2.05. The smallest absolute Gasteiger partial charge is 0.150 e. The van der Waals surface area contributed by atoms with E-state index in [2.05, 4.69) is 25.1 Å². The highest BCUT2D eigenvalue weighted by molar-refractivity contribution is 7.91. The summed E-state index contributed by atoms with van der Waals surface area (Å²) < 4.78 is 22.8. The minimum absolute atomic E-state index is 0.0472. The number of hydrogen-bond acceptors (Lipinski definition) is 3. The van der Waals surface area contributed by atoms with Crippen LogP contribution >= 0.6 is 0 Å². The Hall–Kier alpha value is -0.870.